The van der Waals surface area contributed by atoms with Gasteiger partial charge in [0.15, 0.2) is 0 Å². The molecule has 1 N–H and O–H groups in total. The van der Waals surface area contributed by atoms with Crippen LogP contribution in [0.2, 0.25) is 0 Å². The molecule has 0 aromatic carbocycles. The summed E-state index contributed by atoms with van der Waals surface area (Å²) >= 11 is 5.57. The summed E-state index contributed by atoms with van der Waals surface area (Å²) in [4.78, 5) is 4.01. The molecule has 96 valence electrons. The molecule has 0 bridgehead atoms. The van der Waals surface area contributed by atoms with Crippen LogP contribution in [0.4, 0.5) is 0 Å². The summed E-state index contributed by atoms with van der Waals surface area (Å²) < 4.78 is 1.28. The van der Waals surface area contributed by atoms with E-state index >= 15 is 0 Å². The van der Waals surface area contributed by atoms with E-state index in [-0.39, 0.29) is 0 Å². The number of likely N-dealkylation sites (tertiary alicyclic amines) is 1. The van der Waals surface area contributed by atoms with Crippen LogP contribution in [0.25, 0.3) is 0 Å². The SMILES string of the molecule is CCNCC1CCCN(C)C1c1sccc1Br. The average molecular weight is 317 g/mol. The fraction of sp³-hybridized carbons (Fsp3) is 0.692. The summed E-state index contributed by atoms with van der Waals surface area (Å²) in [5.41, 5.74) is 0. The first-order chi connectivity index (χ1) is 8.24. The second-order valence-corrected chi connectivity index (χ2v) is 6.57. The molecule has 2 atom stereocenters. The molecule has 1 aromatic rings. The third-order valence-electron chi connectivity index (χ3n) is 3.58. The number of hydrogen-bond acceptors (Lipinski definition) is 3. The van der Waals surface area contributed by atoms with Crippen LogP contribution in [0, 0.1) is 5.92 Å². The second kappa shape index (κ2) is 6.32. The van der Waals surface area contributed by atoms with E-state index in [9.17, 15) is 0 Å². The van der Waals surface area contributed by atoms with E-state index in [2.05, 4.69) is 51.6 Å². The number of nitrogens with zero attached hydrogens (tertiary/aromatic N) is 1. The highest BCUT2D eigenvalue weighted by Crippen LogP contribution is 2.40. The molecule has 0 aliphatic carbocycles. The van der Waals surface area contributed by atoms with Crippen LogP contribution in [0.3, 0.4) is 0 Å². The number of rotatable bonds is 4. The number of hydrogen-bond donors (Lipinski definition) is 1. The molecule has 0 saturated carbocycles. The summed E-state index contributed by atoms with van der Waals surface area (Å²) in [6.07, 6.45) is 2.67. The first-order valence-corrected chi connectivity index (χ1v) is 8.05. The van der Waals surface area contributed by atoms with E-state index in [0.717, 1.165) is 19.0 Å². The van der Waals surface area contributed by atoms with E-state index in [4.69, 9.17) is 0 Å². The third-order valence-corrected chi connectivity index (χ3v) is 5.52. The van der Waals surface area contributed by atoms with Gasteiger partial charge in [-0.05, 0) is 72.8 Å². The fourth-order valence-electron chi connectivity index (χ4n) is 2.73. The van der Waals surface area contributed by atoms with Crippen molar-refractivity contribution in [1.29, 1.82) is 0 Å². The Hall–Kier alpha value is 0.100. The molecule has 17 heavy (non-hydrogen) atoms. The van der Waals surface area contributed by atoms with Gasteiger partial charge in [-0.15, -0.1) is 11.3 Å². The summed E-state index contributed by atoms with van der Waals surface area (Å²) in [5.74, 6) is 0.739. The minimum absolute atomic E-state index is 0.581. The molecule has 2 rings (SSSR count). The maximum absolute atomic E-state index is 3.69. The van der Waals surface area contributed by atoms with E-state index in [1.54, 1.807) is 0 Å². The van der Waals surface area contributed by atoms with Gasteiger partial charge < -0.3 is 5.32 Å². The molecule has 2 heterocycles. The second-order valence-electron chi connectivity index (χ2n) is 4.77. The Morgan fingerprint density at radius 2 is 2.41 bits per heavy atom. The Balaban J connectivity index is 2.16. The highest BCUT2D eigenvalue weighted by Gasteiger charge is 2.32. The highest BCUT2D eigenvalue weighted by molar-refractivity contribution is 9.10. The lowest BCUT2D eigenvalue weighted by Gasteiger charge is -2.39. The van der Waals surface area contributed by atoms with Crippen LogP contribution >= 0.6 is 27.3 Å². The van der Waals surface area contributed by atoms with Gasteiger partial charge in [0.2, 0.25) is 0 Å². The number of halogens is 1. The smallest absolute Gasteiger partial charge is 0.0490 e. The number of piperidine rings is 1. The Morgan fingerprint density at radius 3 is 3.06 bits per heavy atom. The third kappa shape index (κ3) is 3.11. The maximum atomic E-state index is 3.69. The Bertz CT molecular complexity index is 353. The van der Waals surface area contributed by atoms with Gasteiger partial charge in [-0.1, -0.05) is 6.92 Å². The van der Waals surface area contributed by atoms with Crippen molar-refractivity contribution >= 4 is 27.3 Å². The summed E-state index contributed by atoms with van der Waals surface area (Å²) in [6, 6.07) is 2.75. The standard InChI is InChI=1S/C13H21BrN2S/c1-3-15-9-10-5-4-7-16(2)12(10)13-11(14)6-8-17-13/h6,8,10,12,15H,3-5,7,9H2,1-2H3. The van der Waals surface area contributed by atoms with Crippen LogP contribution in [-0.4, -0.2) is 31.6 Å². The predicted octanol–water partition coefficient (Wildman–Crippen LogP) is 3.50. The van der Waals surface area contributed by atoms with Crippen LogP contribution in [-0.2, 0) is 0 Å². The van der Waals surface area contributed by atoms with Crippen molar-refractivity contribution in [2.45, 2.75) is 25.8 Å². The van der Waals surface area contributed by atoms with Crippen molar-refractivity contribution in [3.8, 4) is 0 Å². The lowest BCUT2D eigenvalue weighted by atomic mass is 9.88. The van der Waals surface area contributed by atoms with Crippen molar-refractivity contribution in [2.75, 3.05) is 26.7 Å². The number of thiophene rings is 1. The monoisotopic (exact) mass is 316 g/mol. The average Bonchev–Trinajstić information content (AvgIpc) is 2.73. The molecule has 4 heteroatoms. The van der Waals surface area contributed by atoms with E-state index < -0.39 is 0 Å². The molecular formula is C13H21BrN2S. The van der Waals surface area contributed by atoms with Crippen LogP contribution in [0.5, 0.6) is 0 Å². The fourth-order valence-corrected chi connectivity index (χ4v) is 4.60. The summed E-state index contributed by atoms with van der Waals surface area (Å²) in [6.45, 7) is 5.61. The van der Waals surface area contributed by atoms with Gasteiger partial charge in [-0.3, -0.25) is 4.90 Å². The Kier molecular flexibility index (Phi) is 5.03. The minimum Gasteiger partial charge on any atom is -0.317 e. The zero-order chi connectivity index (χ0) is 12.3. The Morgan fingerprint density at radius 1 is 1.59 bits per heavy atom. The van der Waals surface area contributed by atoms with Gasteiger partial charge in [0, 0.05) is 15.4 Å². The lowest BCUT2D eigenvalue weighted by molar-refractivity contribution is 0.122. The van der Waals surface area contributed by atoms with E-state index in [1.165, 1.54) is 28.7 Å². The first-order valence-electron chi connectivity index (χ1n) is 6.38. The molecule has 1 fully saturated rings. The van der Waals surface area contributed by atoms with E-state index in [0.29, 0.717) is 6.04 Å². The molecule has 1 aliphatic rings. The quantitative estimate of drug-likeness (QED) is 0.914. The highest BCUT2D eigenvalue weighted by atomic mass is 79.9. The van der Waals surface area contributed by atoms with Gasteiger partial charge in [0.1, 0.15) is 0 Å². The lowest BCUT2D eigenvalue weighted by Crippen LogP contribution is -2.40. The molecule has 0 amide bonds. The van der Waals surface area contributed by atoms with Crippen molar-refractivity contribution in [2.24, 2.45) is 5.92 Å². The minimum atomic E-state index is 0.581. The van der Waals surface area contributed by atoms with Crippen LogP contribution in [0.1, 0.15) is 30.7 Å². The van der Waals surface area contributed by atoms with Crippen molar-refractivity contribution < 1.29 is 0 Å². The molecule has 0 spiro atoms. The van der Waals surface area contributed by atoms with E-state index in [1.807, 2.05) is 11.3 Å². The van der Waals surface area contributed by atoms with Crippen molar-refractivity contribution in [3.63, 3.8) is 0 Å². The molecule has 1 aliphatic heterocycles. The molecule has 2 unspecified atom stereocenters. The van der Waals surface area contributed by atoms with Gasteiger partial charge >= 0.3 is 0 Å². The van der Waals surface area contributed by atoms with Crippen molar-refractivity contribution in [1.82, 2.24) is 10.2 Å². The topological polar surface area (TPSA) is 15.3 Å². The maximum Gasteiger partial charge on any atom is 0.0490 e. The summed E-state index contributed by atoms with van der Waals surface area (Å²) in [5, 5.41) is 5.70. The molecule has 2 nitrogen and oxygen atoms in total. The van der Waals surface area contributed by atoms with Crippen LogP contribution in [0.15, 0.2) is 15.9 Å². The van der Waals surface area contributed by atoms with Crippen LogP contribution < -0.4 is 5.32 Å². The van der Waals surface area contributed by atoms with Crippen molar-refractivity contribution in [3.05, 3.63) is 20.8 Å². The molecule has 1 saturated heterocycles. The normalized spacial score (nSPS) is 26.3. The molecule has 1 aromatic heterocycles. The molecular weight excluding hydrogens is 296 g/mol. The molecule has 0 radical (unpaired) electrons. The zero-order valence-corrected chi connectivity index (χ0v) is 13.0. The van der Waals surface area contributed by atoms with Gasteiger partial charge in [-0.2, -0.15) is 0 Å². The van der Waals surface area contributed by atoms with Gasteiger partial charge in [0.25, 0.3) is 0 Å². The Labute approximate surface area is 117 Å². The number of nitrogens with one attached hydrogen (secondary N) is 1. The zero-order valence-electron chi connectivity index (χ0n) is 10.6. The first kappa shape index (κ1) is 13.5. The summed E-state index contributed by atoms with van der Waals surface area (Å²) in [7, 11) is 2.26. The predicted molar refractivity (Wildman–Crippen MR) is 78.7 cm³/mol. The van der Waals surface area contributed by atoms with Gasteiger partial charge in [-0.25, -0.2) is 0 Å². The largest absolute Gasteiger partial charge is 0.317 e. The van der Waals surface area contributed by atoms with Gasteiger partial charge in [0.05, 0.1) is 0 Å².